The smallest absolute Gasteiger partial charge is 0.264 e. The van der Waals surface area contributed by atoms with Gasteiger partial charge in [-0.3, -0.25) is 4.79 Å². The molecule has 1 N–H and O–H groups in total. The van der Waals surface area contributed by atoms with Gasteiger partial charge in [0.2, 0.25) is 15.9 Å². The molecule has 4 rings (SSSR count). The predicted molar refractivity (Wildman–Crippen MR) is 126 cm³/mol. The molecule has 1 saturated carbocycles. The van der Waals surface area contributed by atoms with E-state index in [9.17, 15) is 22.0 Å². The second-order valence-electron chi connectivity index (χ2n) is 8.48. The van der Waals surface area contributed by atoms with Crippen LogP contribution in [0.15, 0.2) is 48.7 Å². The molecule has 1 amide bonds. The molecular weight excluding hydrogens is 478 g/mol. The van der Waals surface area contributed by atoms with Gasteiger partial charge in [0.15, 0.2) is 0 Å². The van der Waals surface area contributed by atoms with Crippen molar-refractivity contribution in [3.8, 4) is 22.8 Å². The Bertz CT molecular complexity index is 1370. The summed E-state index contributed by atoms with van der Waals surface area (Å²) in [6.07, 6.45) is 4.68. The number of carbonyl (C=O) groups is 1. The zero-order chi connectivity index (χ0) is 25.2. The number of ether oxygens (including phenoxy) is 2. The molecule has 35 heavy (non-hydrogen) atoms. The average Bonchev–Trinajstić information content (AvgIpc) is 3.62. The van der Waals surface area contributed by atoms with Crippen molar-refractivity contribution in [2.75, 3.05) is 12.9 Å². The van der Waals surface area contributed by atoms with Crippen molar-refractivity contribution < 1.29 is 31.5 Å². The van der Waals surface area contributed by atoms with Gasteiger partial charge >= 0.3 is 0 Å². The van der Waals surface area contributed by atoms with E-state index in [-0.39, 0.29) is 17.7 Å². The molecule has 0 spiro atoms. The molecule has 0 bridgehead atoms. The van der Waals surface area contributed by atoms with E-state index in [1.165, 1.54) is 30.3 Å². The van der Waals surface area contributed by atoms with Gasteiger partial charge in [-0.1, -0.05) is 6.07 Å². The number of nitrogens with one attached hydrogen (secondary N) is 1. The van der Waals surface area contributed by atoms with Crippen LogP contribution in [0, 0.1) is 24.5 Å². The summed E-state index contributed by atoms with van der Waals surface area (Å²) in [4.78, 5) is 16.2. The van der Waals surface area contributed by atoms with Crippen LogP contribution in [-0.2, 0) is 16.6 Å². The van der Waals surface area contributed by atoms with Gasteiger partial charge in [0.25, 0.3) is 5.91 Å². The van der Waals surface area contributed by atoms with Crippen LogP contribution in [0.5, 0.6) is 11.6 Å². The molecule has 1 aliphatic carbocycles. The highest BCUT2D eigenvalue weighted by Crippen LogP contribution is 2.34. The number of carbonyl (C=O) groups excluding carboxylic acids is 1. The van der Waals surface area contributed by atoms with Crippen LogP contribution in [0.3, 0.4) is 0 Å². The van der Waals surface area contributed by atoms with E-state index in [4.69, 9.17) is 9.47 Å². The number of benzene rings is 2. The lowest BCUT2D eigenvalue weighted by Crippen LogP contribution is -2.29. The number of rotatable bonds is 9. The third-order valence-electron chi connectivity index (χ3n) is 5.53. The second kappa shape index (κ2) is 9.99. The lowest BCUT2D eigenvalue weighted by molar-refractivity contribution is 0.0981. The SMILES string of the molecule is Cc1c(-c2cc(OCc3ccc(C(=O)NS(C)(=O)=O)cc3F)ccc2F)ccnc1OCC1CC1. The van der Waals surface area contributed by atoms with Crippen molar-refractivity contribution >= 4 is 15.9 Å². The zero-order valence-corrected chi connectivity index (χ0v) is 20.0. The summed E-state index contributed by atoms with van der Waals surface area (Å²) >= 11 is 0. The van der Waals surface area contributed by atoms with Crippen molar-refractivity contribution in [3.05, 3.63) is 77.0 Å². The number of amides is 1. The monoisotopic (exact) mass is 502 g/mol. The summed E-state index contributed by atoms with van der Waals surface area (Å²) < 4.78 is 64.8. The number of halogens is 2. The standard InChI is InChI=1S/C25H24F2N2O5S/c1-15-20(9-10-28-25(15)34-13-16-3-4-16)21-12-19(7-8-22(21)26)33-14-18-6-5-17(11-23(18)27)24(30)29-35(2,31)32/h5-12,16H,3-4,13-14H2,1-2H3,(H,29,30). The summed E-state index contributed by atoms with van der Waals surface area (Å²) in [5, 5.41) is 0. The van der Waals surface area contributed by atoms with Gasteiger partial charge in [0.1, 0.15) is 24.0 Å². The summed E-state index contributed by atoms with van der Waals surface area (Å²) in [6.45, 7) is 2.22. The zero-order valence-electron chi connectivity index (χ0n) is 19.2. The van der Waals surface area contributed by atoms with E-state index >= 15 is 0 Å². The number of hydrogen-bond donors (Lipinski definition) is 1. The van der Waals surface area contributed by atoms with E-state index in [1.54, 1.807) is 17.0 Å². The summed E-state index contributed by atoms with van der Waals surface area (Å²) in [5.74, 6) is -0.797. The Morgan fingerprint density at radius 2 is 1.83 bits per heavy atom. The van der Waals surface area contributed by atoms with Crippen LogP contribution in [0.1, 0.15) is 34.3 Å². The fourth-order valence-corrected chi connectivity index (χ4v) is 3.88. The van der Waals surface area contributed by atoms with Crippen LogP contribution in [0.4, 0.5) is 8.78 Å². The Hall–Kier alpha value is -3.53. The van der Waals surface area contributed by atoms with E-state index in [0.717, 1.165) is 25.2 Å². The number of aromatic nitrogens is 1. The Balaban J connectivity index is 1.49. The van der Waals surface area contributed by atoms with Crippen molar-refractivity contribution in [1.82, 2.24) is 9.71 Å². The predicted octanol–water partition coefficient (Wildman–Crippen LogP) is 4.39. The third kappa shape index (κ3) is 6.33. The molecule has 7 nitrogen and oxygen atoms in total. The van der Waals surface area contributed by atoms with Crippen molar-refractivity contribution in [3.63, 3.8) is 0 Å². The van der Waals surface area contributed by atoms with Crippen molar-refractivity contribution in [2.45, 2.75) is 26.4 Å². The second-order valence-corrected chi connectivity index (χ2v) is 10.2. The maximum absolute atomic E-state index is 14.7. The Labute approximate surface area is 202 Å². The van der Waals surface area contributed by atoms with E-state index in [0.29, 0.717) is 40.8 Å². The fourth-order valence-electron chi connectivity index (χ4n) is 3.43. The van der Waals surface area contributed by atoms with Gasteiger partial charge in [-0.25, -0.2) is 26.9 Å². The van der Waals surface area contributed by atoms with Crippen LogP contribution in [-0.4, -0.2) is 32.2 Å². The average molecular weight is 503 g/mol. The molecule has 0 unspecified atom stereocenters. The first kappa shape index (κ1) is 24.6. The number of pyridine rings is 1. The highest BCUT2D eigenvalue weighted by atomic mass is 32.2. The highest BCUT2D eigenvalue weighted by molar-refractivity contribution is 7.89. The first-order chi connectivity index (χ1) is 16.6. The van der Waals surface area contributed by atoms with Crippen LogP contribution >= 0.6 is 0 Å². The minimum atomic E-state index is -3.77. The summed E-state index contributed by atoms with van der Waals surface area (Å²) in [6, 6.07) is 9.47. The molecule has 0 radical (unpaired) electrons. The van der Waals surface area contributed by atoms with Crippen molar-refractivity contribution in [1.29, 1.82) is 0 Å². The minimum absolute atomic E-state index is 0.141. The number of nitrogens with zero attached hydrogens (tertiary/aromatic N) is 1. The third-order valence-corrected chi connectivity index (χ3v) is 6.08. The molecule has 0 saturated heterocycles. The topological polar surface area (TPSA) is 94.6 Å². The highest BCUT2D eigenvalue weighted by Gasteiger charge is 2.23. The first-order valence-electron chi connectivity index (χ1n) is 10.9. The Morgan fingerprint density at radius 1 is 1.06 bits per heavy atom. The maximum atomic E-state index is 14.7. The Morgan fingerprint density at radius 3 is 2.51 bits per heavy atom. The van der Waals surface area contributed by atoms with E-state index in [1.807, 2.05) is 6.92 Å². The summed E-state index contributed by atoms with van der Waals surface area (Å²) in [7, 11) is -3.77. The van der Waals surface area contributed by atoms with Gasteiger partial charge < -0.3 is 9.47 Å². The van der Waals surface area contributed by atoms with E-state index in [2.05, 4.69) is 4.98 Å². The van der Waals surface area contributed by atoms with Crippen LogP contribution in [0.2, 0.25) is 0 Å². The lowest BCUT2D eigenvalue weighted by atomic mass is 10.0. The van der Waals surface area contributed by atoms with Gasteiger partial charge in [-0.15, -0.1) is 0 Å². The van der Waals surface area contributed by atoms with Crippen LogP contribution in [0.25, 0.3) is 11.1 Å². The normalized spacial score (nSPS) is 13.4. The maximum Gasteiger partial charge on any atom is 0.264 e. The molecular formula is C25H24F2N2O5S. The largest absolute Gasteiger partial charge is 0.489 e. The number of hydrogen-bond acceptors (Lipinski definition) is 6. The molecule has 0 aliphatic heterocycles. The van der Waals surface area contributed by atoms with Crippen LogP contribution < -0.4 is 14.2 Å². The van der Waals surface area contributed by atoms with E-state index < -0.39 is 27.6 Å². The molecule has 3 aromatic rings. The van der Waals surface area contributed by atoms with Gasteiger partial charge in [-0.05, 0) is 67.6 Å². The molecule has 1 aromatic heterocycles. The van der Waals surface area contributed by atoms with Gasteiger partial charge in [-0.2, -0.15) is 0 Å². The van der Waals surface area contributed by atoms with Gasteiger partial charge in [0, 0.05) is 28.5 Å². The quantitative estimate of drug-likeness (QED) is 0.466. The molecule has 1 heterocycles. The van der Waals surface area contributed by atoms with Gasteiger partial charge in [0.05, 0.1) is 12.9 Å². The molecule has 184 valence electrons. The fraction of sp³-hybridized carbons (Fsp3) is 0.280. The minimum Gasteiger partial charge on any atom is -0.489 e. The molecule has 0 atom stereocenters. The molecule has 2 aromatic carbocycles. The number of sulfonamides is 1. The molecule has 1 aliphatic rings. The molecule has 1 fully saturated rings. The summed E-state index contributed by atoms with van der Waals surface area (Å²) in [5.41, 5.74) is 1.61. The molecule has 10 heteroatoms. The Kier molecular flexibility index (Phi) is 7.02. The van der Waals surface area contributed by atoms with Crippen molar-refractivity contribution in [2.24, 2.45) is 5.92 Å². The first-order valence-corrected chi connectivity index (χ1v) is 12.8. The lowest BCUT2D eigenvalue weighted by Gasteiger charge is -2.14.